The van der Waals surface area contributed by atoms with E-state index in [1.807, 2.05) is 32.0 Å². The number of carbonyl (C=O) groups excluding carboxylic acids is 1. The average molecular weight is 287 g/mol. The molecule has 0 saturated carbocycles. The largest absolute Gasteiger partial charge is 0.370 e. The number of benzene rings is 1. The first-order valence-corrected chi connectivity index (χ1v) is 6.59. The number of hydrogen-bond acceptors (Lipinski definition) is 3. The van der Waals surface area contributed by atoms with E-state index in [2.05, 4.69) is 0 Å². The van der Waals surface area contributed by atoms with Gasteiger partial charge in [0.05, 0.1) is 5.69 Å². The molecule has 0 bridgehead atoms. The van der Waals surface area contributed by atoms with Crippen LogP contribution in [0, 0.1) is 13.8 Å². The molecule has 6 heteroatoms. The number of amides is 1. The van der Waals surface area contributed by atoms with Crippen LogP contribution >= 0.6 is 0 Å². The molecule has 110 valence electrons. The van der Waals surface area contributed by atoms with Crippen LogP contribution in [0.3, 0.4) is 0 Å². The van der Waals surface area contributed by atoms with Crippen LogP contribution in [-0.2, 0) is 11.3 Å². The Labute approximate surface area is 121 Å². The summed E-state index contributed by atoms with van der Waals surface area (Å²) in [6.07, 6.45) is 3.06. The van der Waals surface area contributed by atoms with Gasteiger partial charge < -0.3 is 10.3 Å². The third kappa shape index (κ3) is 2.94. The summed E-state index contributed by atoms with van der Waals surface area (Å²) < 4.78 is 2.55. The molecule has 0 radical (unpaired) electrons. The second-order valence-electron chi connectivity index (χ2n) is 4.93. The quantitative estimate of drug-likeness (QED) is 0.830. The maximum absolute atomic E-state index is 12.3. The summed E-state index contributed by atoms with van der Waals surface area (Å²) in [5, 5.41) is 0. The molecule has 2 aromatic rings. The van der Waals surface area contributed by atoms with Crippen molar-refractivity contribution in [1.29, 1.82) is 0 Å². The van der Waals surface area contributed by atoms with Gasteiger partial charge in [0.1, 0.15) is 0 Å². The van der Waals surface area contributed by atoms with Gasteiger partial charge in [-0.1, -0.05) is 18.2 Å². The summed E-state index contributed by atoms with van der Waals surface area (Å²) in [7, 11) is 0. The molecular formula is C15H17N3O3. The van der Waals surface area contributed by atoms with Gasteiger partial charge in [-0.2, -0.15) is 0 Å². The zero-order valence-electron chi connectivity index (χ0n) is 12.0. The predicted molar refractivity (Wildman–Crippen MR) is 79.6 cm³/mol. The van der Waals surface area contributed by atoms with Gasteiger partial charge in [0.15, 0.2) is 0 Å². The smallest absolute Gasteiger partial charge is 0.320 e. The summed E-state index contributed by atoms with van der Waals surface area (Å²) in [4.78, 5) is 35.1. The first-order chi connectivity index (χ1) is 9.91. The van der Waals surface area contributed by atoms with Crippen molar-refractivity contribution in [3.63, 3.8) is 0 Å². The zero-order chi connectivity index (χ0) is 15.6. The second-order valence-corrected chi connectivity index (χ2v) is 4.93. The summed E-state index contributed by atoms with van der Waals surface area (Å²) >= 11 is 0. The van der Waals surface area contributed by atoms with E-state index in [1.54, 1.807) is 6.20 Å². The Bertz CT molecular complexity index is 782. The number of primary amides is 1. The van der Waals surface area contributed by atoms with E-state index >= 15 is 0 Å². The molecule has 0 spiro atoms. The van der Waals surface area contributed by atoms with E-state index in [-0.39, 0.29) is 13.0 Å². The third-order valence-corrected chi connectivity index (χ3v) is 3.34. The molecule has 2 rings (SSSR count). The minimum Gasteiger partial charge on any atom is -0.370 e. The standard InChI is InChI=1S/C15H17N3O3/c1-10-4-3-5-11(2)13(10)18-9-8-17(7-6-12(16)19)14(20)15(18)21/h3-5,8-9H,6-7H2,1-2H3,(H2,16,19). The van der Waals surface area contributed by atoms with Gasteiger partial charge >= 0.3 is 11.1 Å². The Morgan fingerprint density at radius 1 is 1.10 bits per heavy atom. The van der Waals surface area contributed by atoms with Crippen LogP contribution in [0.25, 0.3) is 5.69 Å². The van der Waals surface area contributed by atoms with Crippen molar-refractivity contribution in [3.05, 3.63) is 62.4 Å². The van der Waals surface area contributed by atoms with E-state index in [9.17, 15) is 14.4 Å². The van der Waals surface area contributed by atoms with Crippen molar-refractivity contribution >= 4 is 5.91 Å². The highest BCUT2D eigenvalue weighted by atomic mass is 16.2. The maximum Gasteiger partial charge on any atom is 0.320 e. The van der Waals surface area contributed by atoms with E-state index < -0.39 is 17.0 Å². The highest BCUT2D eigenvalue weighted by molar-refractivity contribution is 5.73. The molecule has 1 aromatic carbocycles. The van der Waals surface area contributed by atoms with Crippen LogP contribution in [0.4, 0.5) is 0 Å². The van der Waals surface area contributed by atoms with Crippen LogP contribution in [0.15, 0.2) is 40.2 Å². The van der Waals surface area contributed by atoms with Crippen LogP contribution in [-0.4, -0.2) is 15.0 Å². The monoisotopic (exact) mass is 287 g/mol. The summed E-state index contributed by atoms with van der Waals surface area (Å²) in [5.41, 5.74) is 6.27. The SMILES string of the molecule is Cc1cccc(C)c1-n1ccn(CCC(N)=O)c(=O)c1=O. The van der Waals surface area contributed by atoms with Crippen LogP contribution in [0.5, 0.6) is 0 Å². The maximum atomic E-state index is 12.3. The van der Waals surface area contributed by atoms with Gasteiger partial charge in [-0.3, -0.25) is 19.0 Å². The average Bonchev–Trinajstić information content (AvgIpc) is 2.42. The van der Waals surface area contributed by atoms with Crippen LogP contribution in [0.1, 0.15) is 17.5 Å². The summed E-state index contributed by atoms with van der Waals surface area (Å²) in [6, 6.07) is 5.66. The second kappa shape index (κ2) is 5.78. The molecule has 21 heavy (non-hydrogen) atoms. The molecule has 1 heterocycles. The van der Waals surface area contributed by atoms with Crippen LogP contribution < -0.4 is 16.9 Å². The number of rotatable bonds is 4. The fourth-order valence-electron chi connectivity index (χ4n) is 2.28. The first-order valence-electron chi connectivity index (χ1n) is 6.59. The van der Waals surface area contributed by atoms with Crippen molar-refractivity contribution in [2.75, 3.05) is 0 Å². The highest BCUT2D eigenvalue weighted by Crippen LogP contribution is 2.16. The Kier molecular flexibility index (Phi) is 4.07. The van der Waals surface area contributed by atoms with Crippen molar-refractivity contribution in [2.24, 2.45) is 5.73 Å². The molecule has 6 nitrogen and oxygen atoms in total. The van der Waals surface area contributed by atoms with Crippen molar-refractivity contribution < 1.29 is 4.79 Å². The topological polar surface area (TPSA) is 87.1 Å². The first kappa shape index (κ1) is 14.8. The molecule has 0 saturated heterocycles. The Balaban J connectivity index is 2.54. The Morgan fingerprint density at radius 2 is 1.71 bits per heavy atom. The van der Waals surface area contributed by atoms with Gasteiger partial charge in [0.2, 0.25) is 5.91 Å². The molecule has 1 aromatic heterocycles. The van der Waals surface area contributed by atoms with Gasteiger partial charge in [-0.05, 0) is 25.0 Å². The Morgan fingerprint density at radius 3 is 2.29 bits per heavy atom. The predicted octanol–water partition coefficient (Wildman–Crippen LogP) is 0.491. The van der Waals surface area contributed by atoms with Gasteiger partial charge in [-0.25, -0.2) is 0 Å². The van der Waals surface area contributed by atoms with Gasteiger partial charge in [0.25, 0.3) is 0 Å². The fourth-order valence-corrected chi connectivity index (χ4v) is 2.28. The molecule has 0 aliphatic carbocycles. The molecule has 0 aliphatic heterocycles. The van der Waals surface area contributed by atoms with Gasteiger partial charge in [0, 0.05) is 25.4 Å². The molecule has 0 atom stereocenters. The van der Waals surface area contributed by atoms with Gasteiger partial charge in [-0.15, -0.1) is 0 Å². The van der Waals surface area contributed by atoms with E-state index in [4.69, 9.17) is 5.73 Å². The van der Waals surface area contributed by atoms with E-state index in [1.165, 1.54) is 15.3 Å². The summed E-state index contributed by atoms with van der Waals surface area (Å²) in [5.74, 6) is -0.513. The summed E-state index contributed by atoms with van der Waals surface area (Å²) in [6.45, 7) is 3.87. The van der Waals surface area contributed by atoms with Crippen molar-refractivity contribution in [3.8, 4) is 5.69 Å². The normalized spacial score (nSPS) is 10.6. The van der Waals surface area contributed by atoms with Crippen LogP contribution in [0.2, 0.25) is 0 Å². The lowest BCUT2D eigenvalue weighted by Gasteiger charge is -2.13. The van der Waals surface area contributed by atoms with Crippen molar-refractivity contribution in [1.82, 2.24) is 9.13 Å². The highest BCUT2D eigenvalue weighted by Gasteiger charge is 2.10. The minimum absolute atomic E-state index is 0.0206. The van der Waals surface area contributed by atoms with Crippen molar-refractivity contribution in [2.45, 2.75) is 26.8 Å². The third-order valence-electron chi connectivity index (χ3n) is 3.34. The molecular weight excluding hydrogens is 270 g/mol. The molecule has 2 N–H and O–H groups in total. The lowest BCUT2D eigenvalue weighted by molar-refractivity contribution is -0.118. The number of nitrogens with zero attached hydrogens (tertiary/aromatic N) is 2. The molecule has 0 fully saturated rings. The molecule has 1 amide bonds. The van der Waals surface area contributed by atoms with E-state index in [0.29, 0.717) is 5.69 Å². The zero-order valence-corrected chi connectivity index (χ0v) is 12.0. The minimum atomic E-state index is -0.665. The Hall–Kier alpha value is -2.63. The number of aryl methyl sites for hydroxylation is 3. The number of carbonyl (C=O) groups is 1. The van der Waals surface area contributed by atoms with E-state index in [0.717, 1.165) is 11.1 Å². The number of para-hydroxylation sites is 1. The molecule has 0 aliphatic rings. The molecule has 0 unspecified atom stereocenters. The lowest BCUT2D eigenvalue weighted by atomic mass is 10.1. The fraction of sp³-hybridized carbons (Fsp3) is 0.267. The number of hydrogen-bond donors (Lipinski definition) is 1. The lowest BCUT2D eigenvalue weighted by Crippen LogP contribution is -2.40. The number of nitrogens with two attached hydrogens (primary N) is 1. The number of aromatic nitrogens is 2.